The Kier molecular flexibility index (Phi) is 9.39. The predicted molar refractivity (Wildman–Crippen MR) is 103 cm³/mol. The zero-order valence-electron chi connectivity index (χ0n) is 15.8. The lowest BCUT2D eigenvalue weighted by atomic mass is 9.88. The number of carbonyl (C=O) groups is 1. The fraction of sp³-hybridized carbons (Fsp3) is 0.571. The summed E-state index contributed by atoms with van der Waals surface area (Å²) in [4.78, 5) is 13.5. The van der Waals surface area contributed by atoms with Crippen molar-refractivity contribution in [2.24, 2.45) is 0 Å². The summed E-state index contributed by atoms with van der Waals surface area (Å²) in [7, 11) is 0. The smallest absolute Gasteiger partial charge is 0.245 e. The molecule has 0 spiro atoms. The highest BCUT2D eigenvalue weighted by molar-refractivity contribution is 5.87. The van der Waals surface area contributed by atoms with Crippen LogP contribution in [0, 0.1) is 0 Å². The maximum absolute atomic E-state index is 11.6. The lowest BCUT2D eigenvalue weighted by molar-refractivity contribution is -0.127. The molecule has 3 nitrogen and oxygen atoms in total. The summed E-state index contributed by atoms with van der Waals surface area (Å²) in [5.74, 6) is 0.626. The predicted octanol–water partition coefficient (Wildman–Crippen LogP) is 4.49. The van der Waals surface area contributed by atoms with Crippen molar-refractivity contribution in [3.63, 3.8) is 0 Å². The van der Waals surface area contributed by atoms with Crippen LogP contribution in [-0.4, -0.2) is 29.9 Å². The Bertz CT molecular complexity index is 502. The van der Waals surface area contributed by atoms with Gasteiger partial charge in [0.2, 0.25) is 5.91 Å². The van der Waals surface area contributed by atoms with Gasteiger partial charge in [-0.25, -0.2) is 0 Å². The topological polar surface area (TPSA) is 32.3 Å². The van der Waals surface area contributed by atoms with E-state index in [1.165, 1.54) is 23.6 Å². The molecule has 0 bridgehead atoms. The van der Waals surface area contributed by atoms with E-state index >= 15 is 0 Å². The molecule has 1 heterocycles. The first-order valence-electron chi connectivity index (χ1n) is 9.25. The molecule has 0 atom stereocenters. The molecule has 0 aromatic heterocycles. The number of amides is 1. The summed E-state index contributed by atoms with van der Waals surface area (Å²) in [6.07, 6.45) is 4.75. The summed E-state index contributed by atoms with van der Waals surface area (Å²) >= 11 is 0. The number of carbonyl (C=O) groups excluding carboxylic acids is 1. The molecule has 0 unspecified atom stereocenters. The Morgan fingerprint density at radius 1 is 1.33 bits per heavy atom. The van der Waals surface area contributed by atoms with E-state index in [0.717, 1.165) is 32.5 Å². The Morgan fingerprint density at radius 3 is 2.50 bits per heavy atom. The lowest BCUT2D eigenvalue weighted by Crippen LogP contribution is -2.36. The summed E-state index contributed by atoms with van der Waals surface area (Å²) in [6.45, 7) is 14.7. The quantitative estimate of drug-likeness (QED) is 0.807. The molecule has 134 valence electrons. The number of nitrogens with one attached hydrogen (secondary N) is 1. The highest BCUT2D eigenvalue weighted by atomic mass is 16.2. The van der Waals surface area contributed by atoms with Crippen molar-refractivity contribution in [3.05, 3.63) is 48.0 Å². The van der Waals surface area contributed by atoms with Crippen molar-refractivity contribution in [1.29, 1.82) is 0 Å². The van der Waals surface area contributed by atoms with Gasteiger partial charge >= 0.3 is 0 Å². The molecule has 1 amide bonds. The second-order valence-corrected chi connectivity index (χ2v) is 6.79. The van der Waals surface area contributed by atoms with Gasteiger partial charge in [-0.1, -0.05) is 65.0 Å². The van der Waals surface area contributed by atoms with Crippen molar-refractivity contribution in [3.8, 4) is 0 Å². The van der Waals surface area contributed by atoms with Gasteiger partial charge in [0.05, 0.1) is 0 Å². The second-order valence-electron chi connectivity index (χ2n) is 6.79. The number of nitrogens with zero attached hydrogens (tertiary/aromatic N) is 1. The molecule has 1 aromatic carbocycles. The van der Waals surface area contributed by atoms with Gasteiger partial charge < -0.3 is 10.2 Å². The van der Waals surface area contributed by atoms with E-state index in [9.17, 15) is 4.79 Å². The average molecular weight is 331 g/mol. The van der Waals surface area contributed by atoms with Gasteiger partial charge in [-0.3, -0.25) is 4.79 Å². The fourth-order valence-electron chi connectivity index (χ4n) is 2.84. The van der Waals surface area contributed by atoms with Gasteiger partial charge in [0.15, 0.2) is 0 Å². The summed E-state index contributed by atoms with van der Waals surface area (Å²) in [5.41, 5.74) is 2.74. The normalized spacial score (nSPS) is 15.0. The number of likely N-dealkylation sites (tertiary alicyclic amines) is 1. The van der Waals surface area contributed by atoms with Crippen LogP contribution in [-0.2, 0) is 11.3 Å². The molecule has 1 fully saturated rings. The standard InChI is InChI=1S/C18H26N2O.C3H8/c1-4-18(21)20-10-8-16(9-11-20)17-7-5-6-15(12-17)13-19-14(2)3;1-3-2/h4-7,12,14,16,19H,1,8-11,13H2,2-3H3;3H2,1-2H3. The Morgan fingerprint density at radius 2 is 1.96 bits per heavy atom. The molecule has 2 rings (SSSR count). The van der Waals surface area contributed by atoms with Gasteiger partial charge in [0, 0.05) is 25.7 Å². The average Bonchev–Trinajstić information content (AvgIpc) is 2.60. The van der Waals surface area contributed by atoms with E-state index in [2.05, 4.69) is 63.9 Å². The van der Waals surface area contributed by atoms with Crippen LogP contribution in [0.25, 0.3) is 0 Å². The first-order valence-corrected chi connectivity index (χ1v) is 9.25. The lowest BCUT2D eigenvalue weighted by Gasteiger charge is -2.31. The molecule has 1 saturated heterocycles. The van der Waals surface area contributed by atoms with Crippen LogP contribution < -0.4 is 5.32 Å². The first kappa shape index (κ1) is 20.4. The van der Waals surface area contributed by atoms with Crippen LogP contribution in [0.15, 0.2) is 36.9 Å². The second kappa shape index (κ2) is 11.0. The summed E-state index contributed by atoms with van der Waals surface area (Å²) < 4.78 is 0. The molecule has 1 aliphatic heterocycles. The Hall–Kier alpha value is -1.61. The highest BCUT2D eigenvalue weighted by Gasteiger charge is 2.22. The largest absolute Gasteiger partial charge is 0.339 e. The van der Waals surface area contributed by atoms with Crippen LogP contribution in [0.1, 0.15) is 64.0 Å². The zero-order valence-corrected chi connectivity index (χ0v) is 15.8. The minimum atomic E-state index is 0.0586. The number of hydrogen-bond acceptors (Lipinski definition) is 2. The van der Waals surface area contributed by atoms with E-state index in [0.29, 0.717) is 12.0 Å². The molecule has 1 N–H and O–H groups in total. The number of rotatable bonds is 5. The molecule has 1 aromatic rings. The van der Waals surface area contributed by atoms with E-state index in [1.54, 1.807) is 0 Å². The molecule has 0 saturated carbocycles. The van der Waals surface area contributed by atoms with E-state index in [4.69, 9.17) is 0 Å². The van der Waals surface area contributed by atoms with Crippen LogP contribution >= 0.6 is 0 Å². The first-order chi connectivity index (χ1) is 11.5. The van der Waals surface area contributed by atoms with Crippen LogP contribution in [0.4, 0.5) is 0 Å². The number of piperidine rings is 1. The van der Waals surface area contributed by atoms with Gasteiger partial charge in [-0.2, -0.15) is 0 Å². The Labute approximate surface area is 148 Å². The van der Waals surface area contributed by atoms with Gasteiger partial charge in [-0.05, 0) is 36.0 Å². The maximum atomic E-state index is 11.6. The van der Waals surface area contributed by atoms with E-state index < -0.39 is 0 Å². The van der Waals surface area contributed by atoms with E-state index in [1.807, 2.05) is 4.90 Å². The molecule has 0 radical (unpaired) electrons. The highest BCUT2D eigenvalue weighted by Crippen LogP contribution is 2.28. The minimum Gasteiger partial charge on any atom is -0.339 e. The van der Waals surface area contributed by atoms with Gasteiger partial charge in [0.1, 0.15) is 0 Å². The molecular weight excluding hydrogens is 296 g/mol. The van der Waals surface area contributed by atoms with Gasteiger partial charge in [0.25, 0.3) is 0 Å². The van der Waals surface area contributed by atoms with Crippen LogP contribution in [0.5, 0.6) is 0 Å². The maximum Gasteiger partial charge on any atom is 0.245 e. The van der Waals surface area contributed by atoms with Crippen molar-refractivity contribution >= 4 is 5.91 Å². The monoisotopic (exact) mass is 330 g/mol. The third-order valence-electron chi connectivity index (χ3n) is 4.12. The fourth-order valence-corrected chi connectivity index (χ4v) is 2.84. The van der Waals surface area contributed by atoms with Crippen molar-refractivity contribution in [2.75, 3.05) is 13.1 Å². The molecular formula is C21H34N2O. The SMILES string of the molecule is C=CC(=O)N1CCC(c2cccc(CNC(C)C)c2)CC1.CCC. The minimum absolute atomic E-state index is 0.0586. The molecule has 0 aliphatic carbocycles. The molecule has 3 heteroatoms. The molecule has 1 aliphatic rings. The third-order valence-corrected chi connectivity index (χ3v) is 4.12. The van der Waals surface area contributed by atoms with Crippen molar-refractivity contribution in [1.82, 2.24) is 10.2 Å². The number of benzene rings is 1. The summed E-state index contributed by atoms with van der Waals surface area (Å²) in [6, 6.07) is 9.35. The number of hydrogen-bond donors (Lipinski definition) is 1. The summed E-state index contributed by atoms with van der Waals surface area (Å²) in [5, 5.41) is 3.46. The molecule has 24 heavy (non-hydrogen) atoms. The van der Waals surface area contributed by atoms with E-state index in [-0.39, 0.29) is 5.91 Å². The zero-order chi connectivity index (χ0) is 17.9. The van der Waals surface area contributed by atoms with Crippen molar-refractivity contribution in [2.45, 2.75) is 65.5 Å². The van der Waals surface area contributed by atoms with Crippen LogP contribution in [0.2, 0.25) is 0 Å². The Balaban J connectivity index is 0.000000891. The van der Waals surface area contributed by atoms with Crippen LogP contribution in [0.3, 0.4) is 0 Å². The van der Waals surface area contributed by atoms with Crippen molar-refractivity contribution < 1.29 is 4.79 Å². The third kappa shape index (κ3) is 6.88. The van der Waals surface area contributed by atoms with Gasteiger partial charge in [-0.15, -0.1) is 0 Å².